The van der Waals surface area contributed by atoms with E-state index >= 15 is 0 Å². The van der Waals surface area contributed by atoms with Crippen LogP contribution < -0.4 is 4.90 Å². The Morgan fingerprint density at radius 2 is 2.12 bits per heavy atom. The normalized spacial score (nSPS) is 32.6. The van der Waals surface area contributed by atoms with Crippen molar-refractivity contribution in [1.82, 2.24) is 4.90 Å². The van der Waals surface area contributed by atoms with Crippen molar-refractivity contribution in [3.8, 4) is 0 Å². The highest BCUT2D eigenvalue weighted by Crippen LogP contribution is 2.68. The van der Waals surface area contributed by atoms with Gasteiger partial charge in [-0.05, 0) is 43.9 Å². The SMILES string of the molecule is C=CCN(C(=O)C1N([C@@H](CC)CO)C(=O)[C@@H]2[C@@H](C(=O)O)[C@@H]3SC12CC3Br)c1cc(C)ccc1C. The van der Waals surface area contributed by atoms with Crippen LogP contribution >= 0.6 is 27.7 Å². The molecule has 3 unspecified atom stereocenters. The second kappa shape index (κ2) is 9.32. The summed E-state index contributed by atoms with van der Waals surface area (Å²) in [6.07, 6.45) is 2.64. The molecule has 0 aromatic heterocycles. The van der Waals surface area contributed by atoms with E-state index in [1.54, 1.807) is 11.0 Å². The van der Waals surface area contributed by atoms with Crippen LogP contribution in [0.2, 0.25) is 0 Å². The number of carbonyl (C=O) groups excluding carboxylic acids is 2. The van der Waals surface area contributed by atoms with Crippen LogP contribution in [0, 0.1) is 25.7 Å². The molecule has 1 aromatic rings. The van der Waals surface area contributed by atoms with Crippen molar-refractivity contribution >= 4 is 51.2 Å². The van der Waals surface area contributed by atoms with Crippen LogP contribution in [0.3, 0.4) is 0 Å². The highest BCUT2D eigenvalue weighted by Gasteiger charge is 2.76. The number of rotatable bonds is 8. The quantitative estimate of drug-likeness (QED) is 0.381. The van der Waals surface area contributed by atoms with E-state index in [1.165, 1.54) is 16.7 Å². The van der Waals surface area contributed by atoms with Crippen LogP contribution in [-0.4, -0.2) is 73.0 Å². The number of nitrogens with zero attached hydrogens (tertiary/aromatic N) is 2. The van der Waals surface area contributed by atoms with E-state index in [0.29, 0.717) is 12.8 Å². The third-order valence-electron chi connectivity index (χ3n) is 7.55. The molecule has 2 bridgehead atoms. The molecule has 0 saturated carbocycles. The van der Waals surface area contributed by atoms with Gasteiger partial charge in [0.1, 0.15) is 6.04 Å². The van der Waals surface area contributed by atoms with Gasteiger partial charge in [-0.15, -0.1) is 18.3 Å². The Balaban J connectivity index is 1.87. The Bertz CT molecular complexity index is 1030. The van der Waals surface area contributed by atoms with Crippen LogP contribution in [0.5, 0.6) is 0 Å². The van der Waals surface area contributed by atoms with Gasteiger partial charge in [0.25, 0.3) is 5.91 Å². The summed E-state index contributed by atoms with van der Waals surface area (Å²) in [5, 5.41) is 19.9. The molecule has 1 aromatic carbocycles. The topological polar surface area (TPSA) is 98.2 Å². The van der Waals surface area contributed by atoms with Gasteiger partial charge in [0.05, 0.1) is 29.2 Å². The number of alkyl halides is 1. The van der Waals surface area contributed by atoms with Gasteiger partial charge in [-0.3, -0.25) is 14.4 Å². The van der Waals surface area contributed by atoms with Crippen LogP contribution in [-0.2, 0) is 14.4 Å². The molecule has 3 fully saturated rings. The number of carboxylic acids is 1. The molecule has 9 heteroatoms. The van der Waals surface area contributed by atoms with Crippen LogP contribution in [0.25, 0.3) is 0 Å². The molecule has 1 spiro atoms. The van der Waals surface area contributed by atoms with Gasteiger partial charge < -0.3 is 20.0 Å². The van der Waals surface area contributed by atoms with Crippen molar-refractivity contribution in [3.05, 3.63) is 42.0 Å². The summed E-state index contributed by atoms with van der Waals surface area (Å²) in [5.74, 6) is -3.27. The summed E-state index contributed by atoms with van der Waals surface area (Å²) in [4.78, 5) is 43.6. The lowest BCUT2D eigenvalue weighted by Gasteiger charge is -2.40. The van der Waals surface area contributed by atoms with Gasteiger partial charge in [-0.2, -0.15) is 0 Å². The minimum Gasteiger partial charge on any atom is -0.481 e. The molecule has 3 saturated heterocycles. The molecule has 3 heterocycles. The van der Waals surface area contributed by atoms with E-state index in [4.69, 9.17) is 0 Å². The Hall–Kier alpha value is -1.84. The number of anilines is 1. The molecule has 3 aliphatic rings. The molecule has 7 atom stereocenters. The first kappa shape index (κ1) is 25.3. The van der Waals surface area contributed by atoms with Gasteiger partial charge in [0.15, 0.2) is 0 Å². The molecular weight excluding hydrogens is 520 g/mol. The number of carboxylic acid groups (broad SMARTS) is 1. The molecule has 184 valence electrons. The number of fused-ring (bicyclic) bond motifs is 1. The summed E-state index contributed by atoms with van der Waals surface area (Å²) in [6.45, 7) is 9.57. The second-order valence-electron chi connectivity index (χ2n) is 9.52. The number of thioether (sulfide) groups is 1. The molecule has 2 amide bonds. The van der Waals surface area contributed by atoms with Crippen molar-refractivity contribution in [2.45, 2.75) is 60.5 Å². The molecule has 3 aliphatic heterocycles. The molecular formula is C25H31BrN2O5S. The highest BCUT2D eigenvalue weighted by atomic mass is 79.9. The molecule has 2 N–H and O–H groups in total. The van der Waals surface area contributed by atoms with Crippen LogP contribution in [0.4, 0.5) is 5.69 Å². The summed E-state index contributed by atoms with van der Waals surface area (Å²) in [7, 11) is 0. The van der Waals surface area contributed by atoms with Crippen molar-refractivity contribution in [3.63, 3.8) is 0 Å². The molecule has 4 rings (SSSR count). The lowest BCUT2D eigenvalue weighted by atomic mass is 9.71. The number of hydrogen-bond donors (Lipinski definition) is 2. The monoisotopic (exact) mass is 550 g/mol. The minimum absolute atomic E-state index is 0.110. The number of likely N-dealkylation sites (tertiary alicyclic amines) is 1. The summed E-state index contributed by atoms with van der Waals surface area (Å²) < 4.78 is -0.865. The predicted molar refractivity (Wildman–Crippen MR) is 136 cm³/mol. The third-order valence-corrected chi connectivity index (χ3v) is 10.8. The molecule has 0 radical (unpaired) electrons. The zero-order valence-corrected chi connectivity index (χ0v) is 22.0. The van der Waals surface area contributed by atoms with Gasteiger partial charge in [-0.1, -0.05) is 41.1 Å². The maximum atomic E-state index is 14.4. The van der Waals surface area contributed by atoms with E-state index in [-0.39, 0.29) is 35.0 Å². The minimum atomic E-state index is -1.01. The first-order valence-corrected chi connectivity index (χ1v) is 13.4. The highest BCUT2D eigenvalue weighted by molar-refractivity contribution is 9.09. The lowest BCUT2D eigenvalue weighted by Crippen LogP contribution is -2.58. The van der Waals surface area contributed by atoms with E-state index in [2.05, 4.69) is 22.5 Å². The summed E-state index contributed by atoms with van der Waals surface area (Å²) in [6, 6.07) is 4.45. The molecule has 0 aliphatic carbocycles. The number of hydrogen-bond acceptors (Lipinski definition) is 5. The zero-order chi connectivity index (χ0) is 24.9. The Labute approximate surface area is 212 Å². The van der Waals surface area contributed by atoms with Gasteiger partial charge in [-0.25, -0.2) is 0 Å². The van der Waals surface area contributed by atoms with Crippen molar-refractivity contribution in [2.75, 3.05) is 18.1 Å². The number of amides is 2. The number of carbonyl (C=O) groups is 3. The van der Waals surface area contributed by atoms with E-state index < -0.39 is 34.6 Å². The standard InChI is InChI=1S/C25H31BrN2O5S/c1-5-9-27(17-10-13(3)7-8-14(17)4)23(31)21-25-11-16(26)20(34-25)18(24(32)33)19(25)22(30)28(21)15(6-2)12-29/h5,7-8,10,15-16,18-21,29H,1,6,9,11-12H2,2-4H3,(H,32,33)/t15-,16?,18+,19-,20+,21?,25?/m0/s1. The van der Waals surface area contributed by atoms with Crippen LogP contribution in [0.15, 0.2) is 30.9 Å². The zero-order valence-electron chi connectivity index (χ0n) is 19.6. The van der Waals surface area contributed by atoms with E-state index in [9.17, 15) is 24.6 Å². The Morgan fingerprint density at radius 1 is 1.41 bits per heavy atom. The smallest absolute Gasteiger partial charge is 0.308 e. The number of aliphatic carboxylic acids is 1. The number of halogens is 1. The fourth-order valence-corrected chi connectivity index (χ4v) is 9.62. The number of aliphatic hydroxyl groups excluding tert-OH is 1. The van der Waals surface area contributed by atoms with Crippen molar-refractivity contribution < 1.29 is 24.6 Å². The fourth-order valence-electron chi connectivity index (χ4n) is 6.03. The predicted octanol–water partition coefficient (Wildman–Crippen LogP) is 3.14. The van der Waals surface area contributed by atoms with E-state index in [0.717, 1.165) is 16.8 Å². The maximum absolute atomic E-state index is 14.4. The summed E-state index contributed by atoms with van der Waals surface area (Å²) in [5.41, 5.74) is 2.67. The third kappa shape index (κ3) is 3.62. The largest absolute Gasteiger partial charge is 0.481 e. The average Bonchev–Trinajstić information content (AvgIpc) is 3.38. The van der Waals surface area contributed by atoms with Gasteiger partial charge >= 0.3 is 5.97 Å². The van der Waals surface area contributed by atoms with Gasteiger partial charge in [0.2, 0.25) is 5.91 Å². The first-order chi connectivity index (χ1) is 16.1. The second-order valence-corrected chi connectivity index (χ2v) is 12.2. The van der Waals surface area contributed by atoms with E-state index in [1.807, 2.05) is 39.0 Å². The van der Waals surface area contributed by atoms with Gasteiger partial charge in [0, 0.05) is 22.3 Å². The Kier molecular flexibility index (Phi) is 6.92. The molecule has 34 heavy (non-hydrogen) atoms. The Morgan fingerprint density at radius 3 is 2.71 bits per heavy atom. The van der Waals surface area contributed by atoms with Crippen molar-refractivity contribution in [1.29, 1.82) is 0 Å². The first-order valence-electron chi connectivity index (χ1n) is 11.6. The number of benzene rings is 1. The maximum Gasteiger partial charge on any atom is 0.308 e. The van der Waals surface area contributed by atoms with Crippen molar-refractivity contribution in [2.24, 2.45) is 11.8 Å². The number of aliphatic hydroxyl groups is 1. The molecule has 7 nitrogen and oxygen atoms in total. The fraction of sp³-hybridized carbons (Fsp3) is 0.560. The average molecular weight is 552 g/mol. The lowest BCUT2D eigenvalue weighted by molar-refractivity contribution is -0.149. The number of aryl methyl sites for hydroxylation is 2. The summed E-state index contributed by atoms with van der Waals surface area (Å²) >= 11 is 5.12. The van der Waals surface area contributed by atoms with Crippen LogP contribution in [0.1, 0.15) is 30.9 Å².